The molecule has 5 nitrogen and oxygen atoms in total. The molecule has 0 spiro atoms. The van der Waals surface area contributed by atoms with Crippen molar-refractivity contribution in [2.45, 2.75) is 19.4 Å². The molecule has 0 aliphatic heterocycles. The van der Waals surface area contributed by atoms with Crippen LogP contribution in [0.5, 0.6) is 0 Å². The lowest BCUT2D eigenvalue weighted by Crippen LogP contribution is -2.01. The van der Waals surface area contributed by atoms with Gasteiger partial charge in [-0.15, -0.1) is 12.4 Å². The van der Waals surface area contributed by atoms with Crippen LogP contribution in [0, 0.1) is 0 Å². The molecule has 0 atom stereocenters. The minimum atomic E-state index is -0.253. The molecule has 0 aromatic carbocycles. The molecular weight excluding hydrogens is 208 g/mol. The molecule has 6 heteroatoms. The van der Waals surface area contributed by atoms with Crippen LogP contribution in [0.1, 0.15) is 17.9 Å². The van der Waals surface area contributed by atoms with Gasteiger partial charge >= 0.3 is 5.97 Å². The minimum absolute atomic E-state index is 0. The molecule has 0 aliphatic carbocycles. The second-order valence-electron chi connectivity index (χ2n) is 2.56. The Bertz CT molecular complexity index is 288. The van der Waals surface area contributed by atoms with Crippen molar-refractivity contribution >= 4 is 18.4 Å². The summed E-state index contributed by atoms with van der Waals surface area (Å²) in [6.45, 7) is 0.325. The average Bonchev–Trinajstić information content (AvgIpc) is 2.61. The van der Waals surface area contributed by atoms with E-state index in [4.69, 9.17) is 10.3 Å². The van der Waals surface area contributed by atoms with E-state index in [0.717, 1.165) is 5.69 Å². The van der Waals surface area contributed by atoms with Crippen molar-refractivity contribution in [2.24, 2.45) is 5.73 Å². The van der Waals surface area contributed by atoms with E-state index in [1.165, 1.54) is 7.11 Å². The van der Waals surface area contributed by atoms with Crippen LogP contribution in [0.2, 0.25) is 0 Å². The lowest BCUT2D eigenvalue weighted by atomic mass is 10.2. The first-order chi connectivity index (χ1) is 6.26. The van der Waals surface area contributed by atoms with Crippen molar-refractivity contribution in [2.75, 3.05) is 7.11 Å². The Balaban J connectivity index is 0.00000169. The summed E-state index contributed by atoms with van der Waals surface area (Å²) in [5.74, 6) is 0.372. The van der Waals surface area contributed by atoms with Gasteiger partial charge in [-0.05, 0) is 0 Å². The van der Waals surface area contributed by atoms with Gasteiger partial charge in [0.05, 0.1) is 25.8 Å². The zero-order valence-corrected chi connectivity index (χ0v) is 8.67. The number of aryl methyl sites for hydroxylation is 1. The highest BCUT2D eigenvalue weighted by atomic mass is 35.5. The highest BCUT2D eigenvalue weighted by molar-refractivity contribution is 5.85. The number of rotatable bonds is 4. The van der Waals surface area contributed by atoms with E-state index in [2.05, 4.69) is 9.89 Å². The second-order valence-corrected chi connectivity index (χ2v) is 2.56. The number of nitrogens with zero attached hydrogens (tertiary/aromatic N) is 1. The van der Waals surface area contributed by atoms with Crippen LogP contribution in [0.25, 0.3) is 0 Å². The Labute approximate surface area is 88.0 Å². The maximum atomic E-state index is 10.8. The topological polar surface area (TPSA) is 78.4 Å². The number of hydrogen-bond donors (Lipinski definition) is 1. The van der Waals surface area contributed by atoms with E-state index in [0.29, 0.717) is 25.1 Å². The standard InChI is InChI=1S/C8H12N2O3.ClH/c1-12-8(11)3-2-6-4-7(5-9)13-10-6;/h4H,2-3,5,9H2,1H3;1H. The highest BCUT2D eigenvalue weighted by Gasteiger charge is 2.05. The van der Waals surface area contributed by atoms with Crippen molar-refractivity contribution in [3.63, 3.8) is 0 Å². The normalized spacial score (nSPS) is 9.29. The van der Waals surface area contributed by atoms with E-state index < -0.39 is 0 Å². The Morgan fingerprint density at radius 2 is 2.43 bits per heavy atom. The summed E-state index contributed by atoms with van der Waals surface area (Å²) in [5.41, 5.74) is 6.05. The van der Waals surface area contributed by atoms with Gasteiger partial charge in [0.1, 0.15) is 0 Å². The molecule has 0 saturated heterocycles. The van der Waals surface area contributed by atoms with Gasteiger partial charge in [0.2, 0.25) is 0 Å². The van der Waals surface area contributed by atoms with E-state index in [1.807, 2.05) is 0 Å². The molecule has 1 rings (SSSR count). The molecule has 0 amide bonds. The Morgan fingerprint density at radius 3 is 2.93 bits per heavy atom. The van der Waals surface area contributed by atoms with Crippen LogP contribution in [0.3, 0.4) is 0 Å². The SMILES string of the molecule is COC(=O)CCc1cc(CN)on1.Cl. The van der Waals surface area contributed by atoms with Crippen molar-refractivity contribution < 1.29 is 14.1 Å². The van der Waals surface area contributed by atoms with Crippen molar-refractivity contribution in [3.8, 4) is 0 Å². The van der Waals surface area contributed by atoms with Gasteiger partial charge in [0.15, 0.2) is 5.76 Å². The fraction of sp³-hybridized carbons (Fsp3) is 0.500. The predicted molar refractivity (Wildman–Crippen MR) is 52.0 cm³/mol. The Kier molecular flexibility index (Phi) is 5.91. The van der Waals surface area contributed by atoms with Gasteiger partial charge < -0.3 is 15.0 Å². The molecule has 0 radical (unpaired) electrons. The highest BCUT2D eigenvalue weighted by Crippen LogP contribution is 2.05. The summed E-state index contributed by atoms with van der Waals surface area (Å²) in [6.07, 6.45) is 0.837. The summed E-state index contributed by atoms with van der Waals surface area (Å²) in [5, 5.41) is 3.73. The first-order valence-corrected chi connectivity index (χ1v) is 3.97. The number of carbonyl (C=O) groups excluding carboxylic acids is 1. The molecule has 0 unspecified atom stereocenters. The number of nitrogens with two attached hydrogens (primary N) is 1. The van der Waals surface area contributed by atoms with Crippen molar-refractivity contribution in [3.05, 3.63) is 17.5 Å². The lowest BCUT2D eigenvalue weighted by Gasteiger charge is -1.94. The Morgan fingerprint density at radius 1 is 1.71 bits per heavy atom. The van der Waals surface area contributed by atoms with Gasteiger partial charge in [-0.3, -0.25) is 4.79 Å². The maximum absolute atomic E-state index is 10.8. The maximum Gasteiger partial charge on any atom is 0.305 e. The van der Waals surface area contributed by atoms with E-state index >= 15 is 0 Å². The molecule has 1 heterocycles. The van der Waals surface area contributed by atoms with Gasteiger partial charge in [0, 0.05) is 12.5 Å². The van der Waals surface area contributed by atoms with E-state index in [-0.39, 0.29) is 18.4 Å². The van der Waals surface area contributed by atoms with Crippen LogP contribution in [-0.4, -0.2) is 18.2 Å². The number of aromatic nitrogens is 1. The molecule has 0 bridgehead atoms. The zero-order valence-electron chi connectivity index (χ0n) is 7.86. The predicted octanol–water partition coefficient (Wildman–Crippen LogP) is 0.661. The third kappa shape index (κ3) is 3.76. The number of halogens is 1. The Hall–Kier alpha value is -1.07. The first kappa shape index (κ1) is 12.9. The van der Waals surface area contributed by atoms with Crippen molar-refractivity contribution in [1.82, 2.24) is 5.16 Å². The number of carbonyl (C=O) groups is 1. The van der Waals surface area contributed by atoms with Crippen molar-refractivity contribution in [1.29, 1.82) is 0 Å². The van der Waals surface area contributed by atoms with Crippen LogP contribution in [-0.2, 0) is 22.5 Å². The quantitative estimate of drug-likeness (QED) is 0.755. The molecule has 0 aliphatic rings. The van der Waals surface area contributed by atoms with Gasteiger partial charge in [-0.2, -0.15) is 0 Å². The smallest absolute Gasteiger partial charge is 0.305 e. The fourth-order valence-electron chi connectivity index (χ4n) is 0.902. The first-order valence-electron chi connectivity index (χ1n) is 3.97. The monoisotopic (exact) mass is 220 g/mol. The van der Waals surface area contributed by atoms with Crippen LogP contribution >= 0.6 is 12.4 Å². The van der Waals surface area contributed by atoms with Crippen LogP contribution in [0.15, 0.2) is 10.6 Å². The summed E-state index contributed by atoms with van der Waals surface area (Å²) in [6, 6.07) is 1.74. The largest absolute Gasteiger partial charge is 0.469 e. The van der Waals surface area contributed by atoms with Gasteiger partial charge in [-0.1, -0.05) is 5.16 Å². The summed E-state index contributed by atoms with van der Waals surface area (Å²) in [4.78, 5) is 10.8. The molecule has 1 aromatic rings. The summed E-state index contributed by atoms with van der Waals surface area (Å²) < 4.78 is 9.34. The number of esters is 1. The lowest BCUT2D eigenvalue weighted by molar-refractivity contribution is -0.140. The fourth-order valence-corrected chi connectivity index (χ4v) is 0.902. The van der Waals surface area contributed by atoms with E-state index in [1.54, 1.807) is 6.07 Å². The number of ether oxygens (including phenoxy) is 1. The summed E-state index contributed by atoms with van der Waals surface area (Å²) >= 11 is 0. The number of methoxy groups -OCH3 is 1. The molecular formula is C8H13ClN2O3. The molecule has 2 N–H and O–H groups in total. The molecule has 0 saturated carbocycles. The zero-order chi connectivity index (χ0) is 9.68. The van der Waals surface area contributed by atoms with Crippen LogP contribution < -0.4 is 5.73 Å². The number of hydrogen-bond acceptors (Lipinski definition) is 5. The van der Waals surface area contributed by atoms with Gasteiger partial charge in [-0.25, -0.2) is 0 Å². The summed E-state index contributed by atoms with van der Waals surface area (Å²) in [7, 11) is 1.36. The minimum Gasteiger partial charge on any atom is -0.469 e. The average molecular weight is 221 g/mol. The molecule has 0 fully saturated rings. The van der Waals surface area contributed by atoms with Crippen LogP contribution in [0.4, 0.5) is 0 Å². The second kappa shape index (κ2) is 6.39. The molecule has 14 heavy (non-hydrogen) atoms. The van der Waals surface area contributed by atoms with E-state index in [9.17, 15) is 4.79 Å². The molecule has 80 valence electrons. The van der Waals surface area contributed by atoms with Gasteiger partial charge in [0.25, 0.3) is 0 Å². The third-order valence-electron chi connectivity index (χ3n) is 1.62. The molecule has 1 aromatic heterocycles. The third-order valence-corrected chi connectivity index (χ3v) is 1.62.